The molecule has 0 spiro atoms. The van der Waals surface area contributed by atoms with E-state index in [1.165, 1.54) is 25.6 Å². The van der Waals surface area contributed by atoms with E-state index in [1.54, 1.807) is 4.52 Å². The largest absolute Gasteiger partial charge is 0.366 e. The maximum absolute atomic E-state index is 6.03. The molecule has 2 aromatic heterocycles. The molecule has 2 unspecified atom stereocenters. The standard InChI is InChI=1S/C12H16ClN5S/c1-2-19-9-5-3-4-8(9)16-11-6-10(13)17-12-14-7-15-18(11)12/h6-9,16H,2-5H2,1H3. The number of rotatable bonds is 4. The zero-order chi connectivity index (χ0) is 13.2. The van der Waals surface area contributed by atoms with Crippen LogP contribution in [0.25, 0.3) is 5.78 Å². The third kappa shape index (κ3) is 2.65. The third-order valence-electron chi connectivity index (χ3n) is 3.39. The van der Waals surface area contributed by atoms with Crippen molar-refractivity contribution in [3.05, 3.63) is 17.5 Å². The van der Waals surface area contributed by atoms with Crippen molar-refractivity contribution >= 4 is 35.0 Å². The highest BCUT2D eigenvalue weighted by Crippen LogP contribution is 2.32. The van der Waals surface area contributed by atoms with E-state index < -0.39 is 0 Å². The van der Waals surface area contributed by atoms with Gasteiger partial charge in [0.15, 0.2) is 0 Å². The van der Waals surface area contributed by atoms with Gasteiger partial charge in [0.2, 0.25) is 0 Å². The van der Waals surface area contributed by atoms with Gasteiger partial charge in [0, 0.05) is 17.4 Å². The van der Waals surface area contributed by atoms with Crippen LogP contribution in [0.2, 0.25) is 5.15 Å². The summed E-state index contributed by atoms with van der Waals surface area (Å²) in [4.78, 5) is 8.22. The van der Waals surface area contributed by atoms with Crippen molar-refractivity contribution in [2.45, 2.75) is 37.5 Å². The second-order valence-electron chi connectivity index (χ2n) is 4.61. The quantitative estimate of drug-likeness (QED) is 0.880. The Bertz CT molecular complexity index is 572. The zero-order valence-corrected chi connectivity index (χ0v) is 12.3. The highest BCUT2D eigenvalue weighted by molar-refractivity contribution is 7.99. The molecule has 2 heterocycles. The normalized spacial score (nSPS) is 23.1. The second kappa shape index (κ2) is 5.54. The van der Waals surface area contributed by atoms with Crippen LogP contribution in [0.4, 0.5) is 5.82 Å². The maximum Gasteiger partial charge on any atom is 0.255 e. The number of anilines is 1. The lowest BCUT2D eigenvalue weighted by Gasteiger charge is -2.21. The van der Waals surface area contributed by atoms with Crippen LogP contribution < -0.4 is 5.32 Å². The monoisotopic (exact) mass is 297 g/mol. The number of nitrogens with zero attached hydrogens (tertiary/aromatic N) is 4. The first-order valence-corrected chi connectivity index (χ1v) is 7.95. The summed E-state index contributed by atoms with van der Waals surface area (Å²) < 4.78 is 1.71. The van der Waals surface area contributed by atoms with E-state index in [0.29, 0.717) is 22.2 Å². The van der Waals surface area contributed by atoms with Crippen molar-refractivity contribution in [1.29, 1.82) is 0 Å². The maximum atomic E-state index is 6.03. The van der Waals surface area contributed by atoms with Gasteiger partial charge in [-0.1, -0.05) is 24.9 Å². The predicted octanol–water partition coefficient (Wildman–Crippen LogP) is 2.86. The van der Waals surface area contributed by atoms with Crippen LogP contribution in [-0.2, 0) is 0 Å². The fourth-order valence-corrected chi connectivity index (χ4v) is 3.96. The Morgan fingerprint density at radius 2 is 2.42 bits per heavy atom. The fraction of sp³-hybridized carbons (Fsp3) is 0.583. The van der Waals surface area contributed by atoms with Crippen molar-refractivity contribution in [2.24, 2.45) is 0 Å². The number of hydrogen-bond donors (Lipinski definition) is 1. The number of fused-ring (bicyclic) bond motifs is 1. The highest BCUT2D eigenvalue weighted by Gasteiger charge is 2.27. The molecule has 0 aromatic carbocycles. The molecule has 1 aliphatic carbocycles. The molecule has 0 saturated heterocycles. The molecule has 1 saturated carbocycles. The van der Waals surface area contributed by atoms with Crippen LogP contribution in [0.15, 0.2) is 12.4 Å². The number of nitrogens with one attached hydrogen (secondary N) is 1. The van der Waals surface area contributed by atoms with Crippen molar-refractivity contribution < 1.29 is 0 Å². The summed E-state index contributed by atoms with van der Waals surface area (Å²) in [5, 5.41) is 8.86. The topological polar surface area (TPSA) is 55.1 Å². The average Bonchev–Trinajstić information content (AvgIpc) is 2.99. The lowest BCUT2D eigenvalue weighted by molar-refractivity contribution is 0.751. The Labute approximate surface area is 121 Å². The zero-order valence-electron chi connectivity index (χ0n) is 10.7. The molecule has 0 bridgehead atoms. The van der Waals surface area contributed by atoms with Gasteiger partial charge in [-0.05, 0) is 18.6 Å². The van der Waals surface area contributed by atoms with E-state index in [9.17, 15) is 0 Å². The third-order valence-corrected chi connectivity index (χ3v) is 4.91. The Kier molecular flexibility index (Phi) is 3.79. The summed E-state index contributed by atoms with van der Waals surface area (Å²) in [5.41, 5.74) is 0. The van der Waals surface area contributed by atoms with Gasteiger partial charge in [0.25, 0.3) is 5.78 Å². The predicted molar refractivity (Wildman–Crippen MR) is 79.0 cm³/mol. The van der Waals surface area contributed by atoms with Crippen molar-refractivity contribution in [3.63, 3.8) is 0 Å². The number of thioether (sulfide) groups is 1. The van der Waals surface area contributed by atoms with E-state index >= 15 is 0 Å². The van der Waals surface area contributed by atoms with Gasteiger partial charge in [-0.25, -0.2) is 0 Å². The molecular formula is C12H16ClN5S. The van der Waals surface area contributed by atoms with E-state index in [-0.39, 0.29) is 0 Å². The molecule has 0 amide bonds. The van der Waals surface area contributed by atoms with Gasteiger partial charge in [-0.3, -0.25) is 0 Å². The Morgan fingerprint density at radius 3 is 3.26 bits per heavy atom. The first-order valence-electron chi connectivity index (χ1n) is 6.52. The molecular weight excluding hydrogens is 282 g/mol. The van der Waals surface area contributed by atoms with Gasteiger partial charge in [0.05, 0.1) is 0 Å². The molecule has 5 nitrogen and oxygen atoms in total. The van der Waals surface area contributed by atoms with Crippen LogP contribution in [0.3, 0.4) is 0 Å². The van der Waals surface area contributed by atoms with Gasteiger partial charge < -0.3 is 5.32 Å². The van der Waals surface area contributed by atoms with Crippen LogP contribution in [0.1, 0.15) is 26.2 Å². The summed E-state index contributed by atoms with van der Waals surface area (Å²) >= 11 is 8.05. The molecule has 19 heavy (non-hydrogen) atoms. The molecule has 102 valence electrons. The van der Waals surface area contributed by atoms with Gasteiger partial charge >= 0.3 is 0 Å². The van der Waals surface area contributed by atoms with Gasteiger partial charge in [0.1, 0.15) is 17.3 Å². The summed E-state index contributed by atoms with van der Waals surface area (Å²) in [7, 11) is 0. The number of halogens is 1. The van der Waals surface area contributed by atoms with Crippen LogP contribution in [-0.4, -0.2) is 36.6 Å². The molecule has 1 fully saturated rings. The summed E-state index contributed by atoms with van der Waals surface area (Å²) in [6, 6.07) is 2.28. The molecule has 1 aliphatic rings. The Morgan fingerprint density at radius 1 is 1.53 bits per heavy atom. The summed E-state index contributed by atoms with van der Waals surface area (Å²) in [5.74, 6) is 2.56. The molecule has 3 rings (SSSR count). The second-order valence-corrected chi connectivity index (χ2v) is 6.51. The van der Waals surface area contributed by atoms with Crippen LogP contribution in [0.5, 0.6) is 0 Å². The molecule has 0 radical (unpaired) electrons. The fourth-order valence-electron chi connectivity index (χ4n) is 2.58. The highest BCUT2D eigenvalue weighted by atomic mass is 35.5. The van der Waals surface area contributed by atoms with E-state index in [0.717, 1.165) is 11.6 Å². The summed E-state index contributed by atoms with van der Waals surface area (Å²) in [6.45, 7) is 2.21. The smallest absolute Gasteiger partial charge is 0.255 e. The lowest BCUT2D eigenvalue weighted by atomic mass is 10.2. The number of aromatic nitrogens is 4. The molecule has 7 heteroatoms. The lowest BCUT2D eigenvalue weighted by Crippen LogP contribution is -2.27. The Hall–Kier alpha value is -1.01. The average molecular weight is 298 g/mol. The molecule has 2 aromatic rings. The van der Waals surface area contributed by atoms with E-state index in [2.05, 4.69) is 27.3 Å². The van der Waals surface area contributed by atoms with Crippen molar-refractivity contribution in [3.8, 4) is 0 Å². The van der Waals surface area contributed by atoms with Gasteiger partial charge in [-0.15, -0.1) is 0 Å². The molecule has 0 aliphatic heterocycles. The molecule has 2 atom stereocenters. The van der Waals surface area contributed by atoms with E-state index in [1.807, 2.05) is 17.8 Å². The van der Waals surface area contributed by atoms with E-state index in [4.69, 9.17) is 11.6 Å². The van der Waals surface area contributed by atoms with Crippen molar-refractivity contribution in [2.75, 3.05) is 11.1 Å². The van der Waals surface area contributed by atoms with Crippen LogP contribution in [0, 0.1) is 0 Å². The Balaban J connectivity index is 1.86. The minimum Gasteiger partial charge on any atom is -0.366 e. The first-order chi connectivity index (χ1) is 9.28. The molecule has 1 N–H and O–H groups in total. The van der Waals surface area contributed by atoms with Gasteiger partial charge in [-0.2, -0.15) is 31.3 Å². The first kappa shape index (κ1) is 13.0. The number of hydrogen-bond acceptors (Lipinski definition) is 5. The SMILES string of the molecule is CCSC1CCCC1Nc1cc(Cl)nc2ncnn12. The minimum atomic E-state index is 0.445. The summed E-state index contributed by atoms with van der Waals surface area (Å²) in [6.07, 6.45) is 5.23. The minimum absolute atomic E-state index is 0.445. The van der Waals surface area contributed by atoms with Crippen LogP contribution >= 0.6 is 23.4 Å². The van der Waals surface area contributed by atoms with Crippen molar-refractivity contribution in [1.82, 2.24) is 19.6 Å².